The number of urea groups is 1. The van der Waals surface area contributed by atoms with Crippen molar-refractivity contribution in [3.8, 4) is 0 Å². The highest BCUT2D eigenvalue weighted by atomic mass is 32.2. The van der Waals surface area contributed by atoms with E-state index in [9.17, 15) is 48.7 Å². The molecule has 0 bridgehead atoms. The normalized spacial score (nSPS) is 26.3. The number of piperidine rings is 1. The second-order valence-electron chi connectivity index (χ2n) is 13.5. The summed E-state index contributed by atoms with van der Waals surface area (Å²) in [5, 5.41) is 0. The fraction of sp³-hybridized carbons (Fsp3) is 0.576. The predicted octanol–water partition coefficient (Wildman–Crippen LogP) is 7.08. The topological polar surface area (TPSA) is 84.0 Å². The molecule has 2 amide bonds. The number of benzene rings is 2. The van der Waals surface area contributed by atoms with Gasteiger partial charge in [-0.1, -0.05) is 38.5 Å². The van der Waals surface area contributed by atoms with Gasteiger partial charge in [-0.25, -0.2) is 22.0 Å². The van der Waals surface area contributed by atoms with Gasteiger partial charge in [-0.3, -0.25) is 4.79 Å². The maximum Gasteiger partial charge on any atom is 0.435 e. The lowest BCUT2D eigenvalue weighted by atomic mass is 9.69. The summed E-state index contributed by atoms with van der Waals surface area (Å²) in [4.78, 5) is 29.2. The van der Waals surface area contributed by atoms with Crippen molar-refractivity contribution in [1.29, 1.82) is 0 Å². The van der Waals surface area contributed by atoms with E-state index in [2.05, 4.69) is 0 Å². The monoisotopic (exact) mass is 724 g/mol. The first-order valence-corrected chi connectivity index (χ1v) is 17.2. The third-order valence-corrected chi connectivity index (χ3v) is 13.1. The van der Waals surface area contributed by atoms with E-state index in [1.165, 1.54) is 16.9 Å². The van der Waals surface area contributed by atoms with Crippen LogP contribution in [0.5, 0.6) is 0 Å². The Balaban J connectivity index is 1.60. The summed E-state index contributed by atoms with van der Waals surface area (Å²) in [5.41, 5.74) is -8.53. The van der Waals surface area contributed by atoms with E-state index in [-0.39, 0.29) is 54.9 Å². The van der Waals surface area contributed by atoms with Crippen LogP contribution in [0.15, 0.2) is 47.4 Å². The van der Waals surface area contributed by atoms with Gasteiger partial charge in [0.25, 0.3) is 0 Å². The van der Waals surface area contributed by atoms with Crippen LogP contribution in [0.1, 0.15) is 56.2 Å². The number of amides is 2. The molecule has 7 nitrogen and oxygen atoms in total. The maximum atomic E-state index is 15.1. The molecule has 5 rings (SSSR count). The number of methoxy groups -OCH3 is 1. The summed E-state index contributed by atoms with van der Waals surface area (Å²) in [6.07, 6.45) is -11.5. The quantitative estimate of drug-likeness (QED) is 0.181. The Bertz CT molecular complexity index is 1700. The Morgan fingerprint density at radius 1 is 0.939 bits per heavy atom. The molecule has 49 heavy (non-hydrogen) atoms. The van der Waals surface area contributed by atoms with Gasteiger partial charge in [-0.2, -0.15) is 26.3 Å². The number of esters is 1. The highest BCUT2D eigenvalue weighted by Gasteiger charge is 2.74. The van der Waals surface area contributed by atoms with E-state index in [1.807, 2.05) is 13.8 Å². The van der Waals surface area contributed by atoms with E-state index < -0.39 is 79.8 Å². The number of fused-ring (bicyclic) bond motifs is 3. The fourth-order valence-electron chi connectivity index (χ4n) is 8.18. The van der Waals surface area contributed by atoms with E-state index in [0.717, 1.165) is 30.3 Å². The van der Waals surface area contributed by atoms with Gasteiger partial charge in [-0.05, 0) is 66.5 Å². The van der Waals surface area contributed by atoms with E-state index in [0.29, 0.717) is 25.0 Å². The first-order chi connectivity index (χ1) is 22.7. The third-order valence-electron chi connectivity index (χ3n) is 10.6. The van der Waals surface area contributed by atoms with Gasteiger partial charge in [-0.15, -0.1) is 0 Å². The van der Waals surface area contributed by atoms with E-state index >= 15 is 4.39 Å². The molecule has 0 N–H and O–H groups in total. The minimum atomic E-state index is -6.38. The van der Waals surface area contributed by atoms with E-state index in [4.69, 9.17) is 4.74 Å². The van der Waals surface area contributed by atoms with Crippen molar-refractivity contribution in [1.82, 2.24) is 9.80 Å². The zero-order chi connectivity index (χ0) is 36.4. The second kappa shape index (κ2) is 12.4. The lowest BCUT2D eigenvalue weighted by Gasteiger charge is -2.46. The van der Waals surface area contributed by atoms with Gasteiger partial charge in [0.15, 0.2) is 9.84 Å². The number of nitrogens with zero attached hydrogens (tertiary/aromatic N) is 2. The maximum absolute atomic E-state index is 15.1. The predicted molar refractivity (Wildman–Crippen MR) is 160 cm³/mol. The standard InChI is InChI=1S/C33H36F8N2O5S/c1-4-14-29(2)18-42(15-13-26(29)27(44)48-3)28(45)43-17-22-6-5-20-16-21(31(35,32(36,37)38)33(39,40)41)7-12-25(20)30(22,19-43)49(46,47)24-10-8-23(34)9-11-24/h7-12,16,22,26H,4-6,13-15,17-19H2,1-3H3/t22?,26?,29-,30?/m1/s1. The summed E-state index contributed by atoms with van der Waals surface area (Å²) >= 11 is 0. The molecule has 1 aliphatic carbocycles. The van der Waals surface area contributed by atoms with Crippen molar-refractivity contribution in [3.05, 3.63) is 65.0 Å². The van der Waals surface area contributed by atoms with Crippen LogP contribution in [0.3, 0.4) is 0 Å². The van der Waals surface area contributed by atoms with Crippen LogP contribution in [0.4, 0.5) is 39.9 Å². The van der Waals surface area contributed by atoms with Gasteiger partial charge >= 0.3 is 30.0 Å². The van der Waals surface area contributed by atoms with Crippen molar-refractivity contribution >= 4 is 21.8 Å². The second-order valence-corrected chi connectivity index (χ2v) is 15.7. The summed E-state index contributed by atoms with van der Waals surface area (Å²) < 4.78 is 143. The Morgan fingerprint density at radius 3 is 2.14 bits per heavy atom. The number of alkyl halides is 7. The number of halogens is 8. The number of hydrogen-bond acceptors (Lipinski definition) is 5. The van der Waals surface area contributed by atoms with Crippen LogP contribution >= 0.6 is 0 Å². The molecule has 0 aromatic heterocycles. The summed E-state index contributed by atoms with van der Waals surface area (Å²) in [6, 6.07) is 4.71. The molecule has 270 valence electrons. The molecule has 4 atom stereocenters. The minimum Gasteiger partial charge on any atom is -0.469 e. The third kappa shape index (κ3) is 5.75. The molecule has 3 aliphatic rings. The Kier molecular flexibility index (Phi) is 9.33. The molecular formula is C33H36F8N2O5S. The molecular weight excluding hydrogens is 688 g/mol. The number of sulfone groups is 1. The van der Waals surface area contributed by atoms with Crippen molar-refractivity contribution in [3.63, 3.8) is 0 Å². The number of likely N-dealkylation sites (tertiary alicyclic amines) is 2. The Morgan fingerprint density at radius 2 is 1.57 bits per heavy atom. The van der Waals surface area contributed by atoms with Gasteiger partial charge in [0.2, 0.25) is 0 Å². The number of ether oxygens (including phenoxy) is 1. The van der Waals surface area contributed by atoms with Crippen molar-refractivity contribution in [2.75, 3.05) is 33.3 Å². The average molecular weight is 725 g/mol. The van der Waals surface area contributed by atoms with Crippen molar-refractivity contribution in [2.45, 2.75) is 73.6 Å². The summed E-state index contributed by atoms with van der Waals surface area (Å²) in [6.45, 7) is 3.43. The number of aryl methyl sites for hydroxylation is 1. The number of carbonyl (C=O) groups excluding carboxylic acids is 2. The molecule has 16 heteroatoms. The zero-order valence-corrected chi connectivity index (χ0v) is 27.7. The van der Waals surface area contributed by atoms with Gasteiger partial charge < -0.3 is 14.5 Å². The minimum absolute atomic E-state index is 0.0735. The number of hydrogen-bond donors (Lipinski definition) is 0. The highest BCUT2D eigenvalue weighted by molar-refractivity contribution is 7.92. The molecule has 2 fully saturated rings. The first-order valence-electron chi connectivity index (χ1n) is 15.8. The summed E-state index contributed by atoms with van der Waals surface area (Å²) in [5.74, 6) is -2.54. The average Bonchev–Trinajstić information content (AvgIpc) is 3.44. The number of carbonyl (C=O) groups is 2. The van der Waals surface area contributed by atoms with Crippen molar-refractivity contribution < 1.29 is 57.9 Å². The lowest BCUT2D eigenvalue weighted by molar-refractivity contribution is -0.348. The summed E-state index contributed by atoms with van der Waals surface area (Å²) in [7, 11) is -3.35. The van der Waals surface area contributed by atoms with Crippen LogP contribution in [-0.2, 0) is 36.2 Å². The largest absolute Gasteiger partial charge is 0.469 e. The molecule has 2 aromatic rings. The van der Waals surface area contributed by atoms with Gasteiger partial charge in [0, 0.05) is 37.7 Å². The van der Waals surface area contributed by atoms with E-state index in [1.54, 1.807) is 0 Å². The van der Waals surface area contributed by atoms with Gasteiger partial charge in [0.1, 0.15) is 10.6 Å². The van der Waals surface area contributed by atoms with Crippen LogP contribution in [0.25, 0.3) is 0 Å². The first kappa shape index (κ1) is 36.8. The van der Waals surface area contributed by atoms with Gasteiger partial charge in [0.05, 0.1) is 17.9 Å². The fourth-order valence-corrected chi connectivity index (χ4v) is 10.5. The molecule has 2 heterocycles. The molecule has 2 aliphatic heterocycles. The molecule has 3 unspecified atom stereocenters. The molecule has 0 spiro atoms. The Labute approximate surface area is 278 Å². The lowest BCUT2D eigenvalue weighted by Crippen LogP contribution is -2.55. The zero-order valence-electron chi connectivity index (χ0n) is 26.9. The molecule has 2 saturated heterocycles. The SMILES string of the molecule is CCC[C@]1(C)CN(C(=O)N2CC3CCc4cc(C(F)(C(F)(F)F)C(F)(F)F)ccc4C3(S(=O)(=O)c3ccc(F)cc3)C2)CCC1C(=O)OC. The highest BCUT2D eigenvalue weighted by Crippen LogP contribution is 2.57. The molecule has 0 saturated carbocycles. The number of rotatable bonds is 6. The van der Waals surface area contributed by atoms with Crippen molar-refractivity contribution in [2.24, 2.45) is 17.3 Å². The van der Waals surface area contributed by atoms with Crippen LogP contribution in [0.2, 0.25) is 0 Å². The molecule has 2 aromatic carbocycles. The van der Waals surface area contributed by atoms with Crippen LogP contribution in [0, 0.1) is 23.1 Å². The Hall–Kier alpha value is -3.43. The van der Waals surface area contributed by atoms with Crippen LogP contribution < -0.4 is 0 Å². The smallest absolute Gasteiger partial charge is 0.435 e. The molecule has 0 radical (unpaired) electrons. The van der Waals surface area contributed by atoms with Crippen LogP contribution in [-0.4, -0.2) is 75.9 Å².